The summed E-state index contributed by atoms with van der Waals surface area (Å²) in [5, 5.41) is 88.1. The molecule has 12 amide bonds. The first kappa shape index (κ1) is 99.7. The number of ether oxygens (including phenoxy) is 4. The third-order valence-electron chi connectivity index (χ3n) is 14.9. The number of phosphoric ester groups is 3. The number of halogens is 1. The van der Waals surface area contributed by atoms with Crippen LogP contribution in [0.3, 0.4) is 0 Å². The fraction of sp³-hybridized carbons (Fsp3) is 0.702. The van der Waals surface area contributed by atoms with Crippen molar-refractivity contribution in [3.8, 4) is 0 Å². The van der Waals surface area contributed by atoms with Gasteiger partial charge in [-0.15, -0.1) is 11.6 Å². The maximum Gasteiger partial charge on any atom is 0.472 e. The molecule has 24 N–H and O–H groups in total. The monoisotopic (exact) mass is 1670 g/mol. The van der Waals surface area contributed by atoms with E-state index in [-0.39, 0.29) is 19.3 Å². The van der Waals surface area contributed by atoms with Crippen LogP contribution < -0.4 is 63.8 Å². The van der Waals surface area contributed by atoms with Crippen LogP contribution in [0.25, 0.3) is 0 Å². The third-order valence-corrected chi connectivity index (χ3v) is 16.6. The molecular formula is C57H96ClN12O37P3. The SMILES string of the molecule is C/C=C1\NC(=O)C([C@@H](C)O)NC(=O)[C@H](CCNC(=O)OCOP(=O)(O)O)NC(=O)[C@H](CCCCNC(=O)OCOP(=O)(O)O)NC(=O)C(CC(=O)O)NC(=O)[C@H](CCNC(=O)OCOP(=O)(O)O)NC(=O)[C@H](NC(=O)C[C@@H](O)CCCCCCCCCCC)COC(=O)C([C@@H](O)CCl)NC(=O)C([C@H](O)C(=O)O)NC1=O. The summed E-state index contributed by atoms with van der Waals surface area (Å²) in [5.74, 6) is -21.0. The molecule has 4 unspecified atom stereocenters. The van der Waals surface area contributed by atoms with E-state index in [4.69, 9.17) is 45.7 Å². The number of nitrogens with one attached hydrogen (secondary N) is 12. The lowest BCUT2D eigenvalue weighted by Crippen LogP contribution is -2.62. The zero-order chi connectivity index (χ0) is 83.5. The van der Waals surface area contributed by atoms with E-state index in [1.54, 1.807) is 5.32 Å². The van der Waals surface area contributed by atoms with Crippen molar-refractivity contribution in [3.63, 3.8) is 0 Å². The second-order valence-corrected chi connectivity index (χ2v) is 27.8. The summed E-state index contributed by atoms with van der Waals surface area (Å²) >= 11 is 5.88. The number of esters is 1. The lowest BCUT2D eigenvalue weighted by atomic mass is 10.0. The number of phosphoric acid groups is 3. The van der Waals surface area contributed by atoms with E-state index in [0.29, 0.717) is 12.8 Å². The number of carbonyl (C=O) groups excluding carboxylic acids is 13. The second kappa shape index (κ2) is 52.0. The van der Waals surface area contributed by atoms with Crippen molar-refractivity contribution in [1.29, 1.82) is 0 Å². The predicted octanol–water partition coefficient (Wildman–Crippen LogP) is -5.66. The highest BCUT2D eigenvalue weighted by Gasteiger charge is 2.41. The highest BCUT2D eigenvalue weighted by molar-refractivity contribution is 7.46. The number of aliphatic carboxylic acids is 2. The average Bonchev–Trinajstić information content (AvgIpc) is 0.842. The Hall–Kier alpha value is -8.35. The number of rotatable bonds is 40. The van der Waals surface area contributed by atoms with Gasteiger partial charge < -0.3 is 143 Å². The number of carboxylic acids is 2. The van der Waals surface area contributed by atoms with Crippen LogP contribution in [0.2, 0.25) is 0 Å². The molecule has 49 nitrogen and oxygen atoms in total. The van der Waals surface area contributed by atoms with Crippen molar-refractivity contribution in [2.75, 3.05) is 52.5 Å². The first-order chi connectivity index (χ1) is 51.4. The van der Waals surface area contributed by atoms with Gasteiger partial charge in [0.1, 0.15) is 54.6 Å². The Morgan fingerprint density at radius 2 is 0.982 bits per heavy atom. The van der Waals surface area contributed by atoms with Crippen molar-refractivity contribution in [2.45, 2.75) is 203 Å². The predicted molar refractivity (Wildman–Crippen MR) is 366 cm³/mol. The molecule has 0 aromatic carbocycles. The Morgan fingerprint density at radius 1 is 0.545 bits per heavy atom. The van der Waals surface area contributed by atoms with Gasteiger partial charge in [-0.3, -0.25) is 47.9 Å². The summed E-state index contributed by atoms with van der Waals surface area (Å²) in [6, 6.07) is -18.7. The lowest BCUT2D eigenvalue weighted by molar-refractivity contribution is -0.155. The number of alkyl halides is 1. The molecule has 1 fully saturated rings. The van der Waals surface area contributed by atoms with Crippen LogP contribution in [0.1, 0.15) is 130 Å². The van der Waals surface area contributed by atoms with Crippen molar-refractivity contribution >= 4 is 124 Å². The number of cyclic esters (lactones) is 1. The van der Waals surface area contributed by atoms with Crippen LogP contribution in [-0.2, 0) is 104 Å². The number of carbonyl (C=O) groups is 15. The molecular weight excluding hydrogens is 1570 g/mol. The van der Waals surface area contributed by atoms with Crippen LogP contribution in [0.15, 0.2) is 11.8 Å². The number of aliphatic hydroxyl groups excluding tert-OH is 4. The number of amides is 12. The van der Waals surface area contributed by atoms with E-state index < -0.39 is 276 Å². The van der Waals surface area contributed by atoms with Gasteiger partial charge in [0.25, 0.3) is 5.91 Å². The summed E-state index contributed by atoms with van der Waals surface area (Å²) in [4.78, 5) is 259. The molecule has 1 aliphatic heterocycles. The summed E-state index contributed by atoms with van der Waals surface area (Å²) in [6.07, 6.45) is -9.68. The maximum atomic E-state index is 14.6. The van der Waals surface area contributed by atoms with Crippen LogP contribution in [-0.4, -0.2) is 275 Å². The molecule has 0 aliphatic carbocycles. The fourth-order valence-electron chi connectivity index (χ4n) is 9.30. The minimum absolute atomic E-state index is 0.0264. The number of unbranched alkanes of at least 4 members (excludes halogenated alkanes) is 9. The largest absolute Gasteiger partial charge is 0.481 e. The fourth-order valence-corrected chi connectivity index (χ4v) is 10.0. The molecule has 53 heteroatoms. The van der Waals surface area contributed by atoms with Crippen molar-refractivity contribution in [3.05, 3.63) is 11.8 Å². The van der Waals surface area contributed by atoms with Gasteiger partial charge in [-0.05, 0) is 52.4 Å². The highest BCUT2D eigenvalue weighted by atomic mass is 35.5. The number of hydrogen-bond acceptors (Lipinski definition) is 29. The van der Waals surface area contributed by atoms with Crippen LogP contribution in [0, 0.1) is 0 Å². The Morgan fingerprint density at radius 3 is 1.44 bits per heavy atom. The number of carboxylic acid groups (broad SMARTS) is 2. The topological polar surface area (TPSA) is 759 Å². The summed E-state index contributed by atoms with van der Waals surface area (Å²) < 4.78 is 64.3. The van der Waals surface area contributed by atoms with Crippen LogP contribution >= 0.6 is 35.1 Å². The third kappa shape index (κ3) is 43.9. The lowest BCUT2D eigenvalue weighted by Gasteiger charge is -2.29. The molecule has 12 atom stereocenters. The smallest absolute Gasteiger partial charge is 0.472 e. The molecule has 1 heterocycles. The van der Waals surface area contributed by atoms with Crippen molar-refractivity contribution in [2.24, 2.45) is 0 Å². The van der Waals surface area contributed by atoms with Gasteiger partial charge in [0.15, 0.2) is 12.1 Å². The van der Waals surface area contributed by atoms with E-state index in [2.05, 4.69) is 61.3 Å². The first-order valence-corrected chi connectivity index (χ1v) is 38.7. The van der Waals surface area contributed by atoms with Gasteiger partial charge in [0.2, 0.25) is 67.6 Å². The van der Waals surface area contributed by atoms with E-state index in [1.165, 1.54) is 0 Å². The molecule has 1 rings (SSSR count). The number of hydrogen-bond donors (Lipinski definition) is 24. The van der Waals surface area contributed by atoms with E-state index >= 15 is 0 Å². The van der Waals surface area contributed by atoms with Gasteiger partial charge in [0.05, 0.1) is 37.0 Å². The normalized spacial score (nSPS) is 21.6. The summed E-state index contributed by atoms with van der Waals surface area (Å²) in [7, 11) is -15.6. The van der Waals surface area contributed by atoms with Crippen LogP contribution in [0.4, 0.5) is 14.4 Å². The Balaban J connectivity index is 4.42. The van der Waals surface area contributed by atoms with Gasteiger partial charge in [-0.25, -0.2) is 51.2 Å². The summed E-state index contributed by atoms with van der Waals surface area (Å²) in [6.45, 7) is -3.55. The summed E-state index contributed by atoms with van der Waals surface area (Å²) in [5.41, 5.74) is -0.975. The highest BCUT2D eigenvalue weighted by Crippen LogP contribution is 2.36. The standard InChI is InChI=1S/C57H96ClN12O37P3/c1-4-6-7-8-9-10-11-12-13-16-31(72)23-39(74)62-37-26-101-54(88)42(38(73)25-58)69-52(85)43(44(77)53(86)87)70-45(78)32(5-2)63-51(84)41(30(3)71)68-48(81)35(19-22-61-57(91)104-29-107-110(98,99)100)65-46(79)33(17-14-15-20-59-55(89)102-27-105-108(92,93)94)64-49(82)36(24-40(75)76)67-47(80)34(66-50(37)83)18-21-60-56(90)103-28-106-109(95,96)97/h5,30-31,33-38,41-44,71-73,77H,4,6-29H2,1-3H3,(H,59,89)(H,60,90)(H,61,91)(H,62,74)(H,63,84)(H,64,82)(H,65,79)(H,66,83)(H,67,80)(H,68,81)(H,69,85)(H,70,78)(H,75,76)(H,86,87)(H2,92,93,94)(H2,95,96,97)(H2,98,99,100)/b32-5-/t30-,31+,33+,34+,35+,36?,37-,38+,41?,42?,43?,44+/m1/s1. The molecule has 628 valence electrons. The van der Waals surface area contributed by atoms with Gasteiger partial charge in [0, 0.05) is 19.6 Å². The van der Waals surface area contributed by atoms with Gasteiger partial charge >= 0.3 is 59.7 Å². The second-order valence-electron chi connectivity index (χ2n) is 23.8. The molecule has 0 aromatic rings. The molecule has 0 aromatic heterocycles. The van der Waals surface area contributed by atoms with E-state index in [1.807, 2.05) is 31.9 Å². The average molecular weight is 1670 g/mol. The molecule has 1 saturated heterocycles. The molecule has 0 radical (unpaired) electrons. The molecule has 0 spiro atoms. The molecule has 1 aliphatic rings. The molecule has 110 heavy (non-hydrogen) atoms. The zero-order valence-corrected chi connectivity index (χ0v) is 62.9. The number of alkyl carbamates (subject to hydrolysis) is 3. The minimum atomic E-state index is -5.25. The quantitative estimate of drug-likeness (QED) is 0.00517. The van der Waals surface area contributed by atoms with E-state index in [0.717, 1.165) is 64.9 Å². The number of allylic oxidation sites excluding steroid dienone is 1. The van der Waals surface area contributed by atoms with E-state index in [9.17, 15) is 116 Å². The zero-order valence-electron chi connectivity index (χ0n) is 59.5. The van der Waals surface area contributed by atoms with Crippen molar-refractivity contribution < 1.29 is 178 Å². The van der Waals surface area contributed by atoms with Gasteiger partial charge in [-0.2, -0.15) is 0 Å². The first-order valence-electron chi connectivity index (χ1n) is 33.5. The maximum absolute atomic E-state index is 14.6. The Kier molecular flexibility index (Phi) is 47.1. The van der Waals surface area contributed by atoms with Gasteiger partial charge in [-0.1, -0.05) is 70.8 Å². The molecule has 0 saturated carbocycles. The minimum Gasteiger partial charge on any atom is -0.481 e. The van der Waals surface area contributed by atoms with Crippen LogP contribution in [0.5, 0.6) is 0 Å². The van der Waals surface area contributed by atoms with Crippen molar-refractivity contribution in [1.82, 2.24) is 63.8 Å². The number of aliphatic hydroxyl groups is 4. The Bertz CT molecular complexity index is 3270. The molecule has 0 bridgehead atoms. The Labute approximate surface area is 631 Å².